The van der Waals surface area contributed by atoms with Crippen LogP contribution in [0.2, 0.25) is 0 Å². The molecule has 43 heavy (non-hydrogen) atoms. The molecule has 7 aliphatic carbocycles. The van der Waals surface area contributed by atoms with Gasteiger partial charge in [0.25, 0.3) is 0 Å². The van der Waals surface area contributed by atoms with Crippen LogP contribution in [0.1, 0.15) is 134 Å². The number of benzene rings is 2. The first-order valence-electron chi connectivity index (χ1n) is 16.6. The van der Waals surface area contributed by atoms with E-state index in [9.17, 15) is 0 Å². The molecule has 0 N–H and O–H groups in total. The Morgan fingerprint density at radius 3 is 1.60 bits per heavy atom. The molecule has 1 atom stereocenters. The van der Waals surface area contributed by atoms with E-state index in [-0.39, 0.29) is 67.3 Å². The van der Waals surface area contributed by atoms with Crippen molar-refractivity contribution in [1.82, 2.24) is 0 Å². The summed E-state index contributed by atoms with van der Waals surface area (Å²) in [5.74, 6) is 3.53. The van der Waals surface area contributed by atoms with Crippen molar-refractivity contribution >= 4 is 0 Å². The molecule has 0 saturated heterocycles. The van der Waals surface area contributed by atoms with Crippen LogP contribution in [0.25, 0.3) is 11.1 Å². The van der Waals surface area contributed by atoms with E-state index in [1.54, 1.807) is 41.5 Å². The third kappa shape index (κ3) is 5.08. The van der Waals surface area contributed by atoms with Crippen LogP contribution in [-0.4, -0.2) is 0 Å². The van der Waals surface area contributed by atoms with E-state index in [1.165, 1.54) is 60.8 Å². The van der Waals surface area contributed by atoms with Crippen molar-refractivity contribution in [3.63, 3.8) is 0 Å². The molecule has 0 radical (unpaired) electrons. The Hall–Kier alpha value is -0.617. The van der Waals surface area contributed by atoms with E-state index in [2.05, 4.69) is 90.9 Å². The Balaban J connectivity index is 0.00000123. The van der Waals surface area contributed by atoms with Crippen LogP contribution < -0.4 is 24.8 Å². The van der Waals surface area contributed by atoms with Crippen LogP contribution in [0.3, 0.4) is 0 Å². The van der Waals surface area contributed by atoms with Crippen LogP contribution in [0.5, 0.6) is 0 Å². The fourth-order valence-electron chi connectivity index (χ4n) is 11.0. The van der Waals surface area contributed by atoms with Crippen molar-refractivity contribution in [3.05, 3.63) is 81.4 Å². The zero-order chi connectivity index (χ0) is 27.8. The van der Waals surface area contributed by atoms with Crippen LogP contribution in [-0.2, 0) is 37.0 Å². The van der Waals surface area contributed by atoms with Crippen molar-refractivity contribution in [2.75, 3.05) is 0 Å². The molecule has 4 fully saturated rings. The summed E-state index contributed by atoms with van der Waals surface area (Å²) in [6.07, 6.45) is 15.9. The molecule has 7 aliphatic rings. The van der Waals surface area contributed by atoms with E-state index >= 15 is 0 Å². The van der Waals surface area contributed by atoms with Crippen LogP contribution in [0, 0.1) is 28.6 Å². The Labute approximate surface area is 293 Å². The molecule has 0 amide bonds. The van der Waals surface area contributed by atoms with Gasteiger partial charge in [-0.05, 0) is 131 Å². The summed E-state index contributed by atoms with van der Waals surface area (Å²) in [6, 6.07) is 15.1. The minimum Gasteiger partial charge on any atom is -1.00 e. The normalized spacial score (nSPS) is 32.0. The van der Waals surface area contributed by atoms with E-state index in [1.807, 2.05) is 5.57 Å². The topological polar surface area (TPSA) is 0 Å². The summed E-state index contributed by atoms with van der Waals surface area (Å²) in [7, 11) is 0. The summed E-state index contributed by atoms with van der Waals surface area (Å²) in [5.41, 5.74) is 15.6. The quantitative estimate of drug-likeness (QED) is 0.414. The predicted octanol–water partition coefficient (Wildman–Crippen LogP) is 5.04. The number of fused-ring (bicyclic) bond motifs is 3. The molecule has 0 aliphatic heterocycles. The predicted molar refractivity (Wildman–Crippen MR) is 169 cm³/mol. The maximum absolute atomic E-state index is 2.82. The van der Waals surface area contributed by atoms with Gasteiger partial charge in [-0.25, -0.2) is 0 Å². The number of rotatable bonds is 2. The molecule has 9 rings (SSSR count). The average Bonchev–Trinajstić information content (AvgIpc) is 3.53. The summed E-state index contributed by atoms with van der Waals surface area (Å²) in [5, 5.41) is 0. The fraction of sp³-hybridized carbons (Fsp3) is 0.600. The van der Waals surface area contributed by atoms with Gasteiger partial charge >= 0.3 is 26.2 Å². The molecule has 228 valence electrons. The van der Waals surface area contributed by atoms with Gasteiger partial charge in [0.2, 0.25) is 0 Å². The standard InChI is InChI=1S/C40H50.2ClH.Zr/c1-37(2,3)28-8-10-31-33(18-28)34-19-29(38(4,5)6)9-11-32(34)36(31)39(7)13-12-27-17-30(20-35(27)39)40-21-24-14-25(22-40)16-26(15-24)23-40;;;/h8-11,18-20,24-26,36H,12-17,21-23H2,1-7H3;2*1H;/q;;;+2/p-2. The van der Waals surface area contributed by atoms with Gasteiger partial charge in [-0.15, -0.1) is 0 Å². The number of hydrogen-bond donors (Lipinski definition) is 0. The van der Waals surface area contributed by atoms with Crippen LogP contribution in [0.4, 0.5) is 0 Å². The SMILES string of the molecule is CC(C)(C)c1ccc2c(c1)-c1cc(C(C)(C)C)ccc1C2C1(C)CCC2=C1C=C(C13CC4CC(CC(C4)C1)C3)C2.[Cl-].[Cl-].[Zr+2]. The van der Waals surface area contributed by atoms with E-state index in [0.29, 0.717) is 11.3 Å². The molecule has 0 aromatic heterocycles. The van der Waals surface area contributed by atoms with Crippen LogP contribution in [0.15, 0.2) is 59.2 Å². The molecule has 1 unspecified atom stereocenters. The Kier molecular flexibility index (Phi) is 8.62. The van der Waals surface area contributed by atoms with Crippen molar-refractivity contribution in [2.24, 2.45) is 28.6 Å². The molecule has 4 bridgehead atoms. The molecule has 0 heterocycles. The molecule has 2 aromatic rings. The first kappa shape index (κ1) is 33.7. The van der Waals surface area contributed by atoms with Gasteiger partial charge in [0, 0.05) is 11.3 Å². The molecular formula is C40H50Cl2Zr. The third-order valence-electron chi connectivity index (χ3n) is 12.8. The Morgan fingerprint density at radius 2 is 1.16 bits per heavy atom. The second-order valence-corrected chi connectivity index (χ2v) is 17.5. The number of hydrogen-bond acceptors (Lipinski definition) is 0. The zero-order valence-electron chi connectivity index (χ0n) is 27.5. The summed E-state index contributed by atoms with van der Waals surface area (Å²) in [6.45, 7) is 16.8. The van der Waals surface area contributed by atoms with Gasteiger partial charge in [-0.2, -0.15) is 0 Å². The van der Waals surface area contributed by atoms with E-state index in [4.69, 9.17) is 0 Å². The first-order valence-corrected chi connectivity index (χ1v) is 16.6. The number of allylic oxidation sites excluding steroid dienone is 4. The van der Waals surface area contributed by atoms with Gasteiger partial charge in [0.1, 0.15) is 0 Å². The smallest absolute Gasteiger partial charge is 1.00 e. The first-order chi connectivity index (χ1) is 18.8. The summed E-state index contributed by atoms with van der Waals surface area (Å²) in [4.78, 5) is 0. The van der Waals surface area contributed by atoms with Gasteiger partial charge < -0.3 is 24.8 Å². The van der Waals surface area contributed by atoms with Crippen molar-refractivity contribution in [3.8, 4) is 11.1 Å². The zero-order valence-corrected chi connectivity index (χ0v) is 31.4. The van der Waals surface area contributed by atoms with E-state index in [0.717, 1.165) is 17.8 Å². The van der Waals surface area contributed by atoms with E-state index < -0.39 is 0 Å². The second kappa shape index (κ2) is 11.0. The molecule has 3 heteroatoms. The molecule has 0 nitrogen and oxygen atoms in total. The molecule has 2 aromatic carbocycles. The van der Waals surface area contributed by atoms with Gasteiger partial charge in [-0.1, -0.05) is 102 Å². The van der Waals surface area contributed by atoms with Crippen LogP contribution >= 0.6 is 0 Å². The Morgan fingerprint density at radius 1 is 0.698 bits per heavy atom. The fourth-order valence-corrected chi connectivity index (χ4v) is 11.0. The second-order valence-electron chi connectivity index (χ2n) is 17.5. The van der Waals surface area contributed by atoms with Crippen molar-refractivity contribution in [1.29, 1.82) is 0 Å². The molecule has 0 spiro atoms. The summed E-state index contributed by atoms with van der Waals surface area (Å²) >= 11 is 0. The average molecular weight is 693 g/mol. The largest absolute Gasteiger partial charge is 2.00 e. The van der Waals surface area contributed by atoms with Gasteiger partial charge in [0.05, 0.1) is 0 Å². The van der Waals surface area contributed by atoms with Gasteiger partial charge in [0.15, 0.2) is 0 Å². The number of halogens is 2. The molecular weight excluding hydrogens is 643 g/mol. The van der Waals surface area contributed by atoms with Crippen molar-refractivity contribution in [2.45, 2.75) is 123 Å². The van der Waals surface area contributed by atoms with Crippen molar-refractivity contribution < 1.29 is 51.0 Å². The monoisotopic (exact) mass is 690 g/mol. The maximum atomic E-state index is 2.82. The minimum atomic E-state index is 0. The maximum Gasteiger partial charge on any atom is 2.00 e. The molecule has 4 saturated carbocycles. The van der Waals surface area contributed by atoms with Gasteiger partial charge in [-0.3, -0.25) is 0 Å². The Bertz CT molecular complexity index is 1400. The summed E-state index contributed by atoms with van der Waals surface area (Å²) < 4.78 is 0. The third-order valence-corrected chi connectivity index (χ3v) is 12.8. The minimum absolute atomic E-state index is 0.